The number of aliphatic hydroxyl groups excluding tert-OH is 1. The second-order valence-corrected chi connectivity index (χ2v) is 16.3. The summed E-state index contributed by atoms with van der Waals surface area (Å²) in [7, 11) is -2.64. The maximum Gasteiger partial charge on any atom is 0.255 e. The number of carbonyl (C=O) groups is 2. The van der Waals surface area contributed by atoms with E-state index in [9.17, 15) is 28.2 Å². The Hall–Kier alpha value is -7.18. The van der Waals surface area contributed by atoms with Gasteiger partial charge in [0.25, 0.3) is 11.8 Å². The van der Waals surface area contributed by atoms with Gasteiger partial charge in [0.2, 0.25) is 9.84 Å². The fourth-order valence-electron chi connectivity index (χ4n) is 6.98. The average molecular weight is 837 g/mol. The van der Waals surface area contributed by atoms with Gasteiger partial charge in [0, 0.05) is 65.2 Å². The molecule has 8 N–H and O–H groups in total. The minimum absolute atomic E-state index is 0.0571. The number of aromatic nitrogens is 1. The number of hydrogen-bond donors (Lipinski definition) is 7. The Kier molecular flexibility index (Phi) is 12.7. The Labute approximate surface area is 353 Å². The standard InChI is InChI=1S/C47H44N6O7S/c1-29-23-36(26-39-43(29)51-27-40(46(48)56)44(39)52-33-11-7-12-34(25-33)60-2)61(58,59)35-13-6-10-31(24-35)47(57)53-32-17-15-30(16-18-32)9-4-3-5-21-49-28-42(55)37-19-20-41(54)45-38(37)14-8-22-50-45/h6-8,10-20,23-27,42,49-50,54-55H,3,5,21-22,28H2,1-2H3,(H2,48,56)(H,51,52)(H,53,57). The first-order chi connectivity index (χ1) is 29.4. The average Bonchev–Trinajstić information content (AvgIpc) is 3.27. The van der Waals surface area contributed by atoms with E-state index in [4.69, 9.17) is 10.5 Å². The van der Waals surface area contributed by atoms with Crippen molar-refractivity contribution in [2.24, 2.45) is 5.73 Å². The van der Waals surface area contributed by atoms with E-state index >= 15 is 0 Å². The Morgan fingerprint density at radius 2 is 1.79 bits per heavy atom. The van der Waals surface area contributed by atoms with Gasteiger partial charge in [-0.25, -0.2) is 8.42 Å². The highest BCUT2D eigenvalue weighted by molar-refractivity contribution is 7.91. The number of carbonyl (C=O) groups excluding carboxylic acids is 2. The van der Waals surface area contributed by atoms with Crippen LogP contribution >= 0.6 is 0 Å². The van der Waals surface area contributed by atoms with Gasteiger partial charge in [-0.2, -0.15) is 0 Å². The number of sulfone groups is 1. The zero-order valence-electron chi connectivity index (χ0n) is 33.5. The molecule has 0 bridgehead atoms. The van der Waals surface area contributed by atoms with Crippen molar-refractivity contribution in [2.45, 2.75) is 35.7 Å². The third-order valence-corrected chi connectivity index (χ3v) is 11.9. The molecular weight excluding hydrogens is 793 g/mol. The van der Waals surface area contributed by atoms with Gasteiger partial charge in [0.1, 0.15) is 11.5 Å². The summed E-state index contributed by atoms with van der Waals surface area (Å²) < 4.78 is 33.6. The highest BCUT2D eigenvalue weighted by Crippen LogP contribution is 2.37. The molecule has 1 aliphatic rings. The fourth-order valence-corrected chi connectivity index (χ4v) is 8.40. The third-order valence-electron chi connectivity index (χ3n) is 10.1. The Morgan fingerprint density at radius 3 is 2.57 bits per heavy atom. The normalized spacial score (nSPS) is 12.4. The molecule has 13 nitrogen and oxygen atoms in total. The van der Waals surface area contributed by atoms with Gasteiger partial charge in [-0.1, -0.05) is 42.2 Å². The van der Waals surface area contributed by atoms with Crippen LogP contribution in [-0.2, 0) is 9.84 Å². The van der Waals surface area contributed by atoms with Crippen LogP contribution in [0, 0.1) is 18.8 Å². The number of nitrogens with two attached hydrogens (primary N) is 1. The lowest BCUT2D eigenvalue weighted by Crippen LogP contribution is -2.23. The van der Waals surface area contributed by atoms with Gasteiger partial charge in [-0.05, 0) is 104 Å². The summed E-state index contributed by atoms with van der Waals surface area (Å²) in [6.45, 7) is 3.37. The van der Waals surface area contributed by atoms with Crippen LogP contribution in [0.1, 0.15) is 61.9 Å². The monoisotopic (exact) mass is 836 g/mol. The number of aromatic hydroxyl groups is 1. The second-order valence-electron chi connectivity index (χ2n) is 14.3. The number of rotatable bonds is 14. The first-order valence-electron chi connectivity index (χ1n) is 19.5. The largest absolute Gasteiger partial charge is 0.506 e. The molecule has 7 rings (SSSR count). The molecule has 1 aliphatic heterocycles. The molecule has 1 aromatic heterocycles. The van der Waals surface area contributed by atoms with Gasteiger partial charge in [0.15, 0.2) is 0 Å². The topological polar surface area (TPSA) is 205 Å². The maximum atomic E-state index is 14.1. The van der Waals surface area contributed by atoms with Crippen LogP contribution in [0.3, 0.4) is 0 Å². The van der Waals surface area contributed by atoms with Gasteiger partial charge >= 0.3 is 0 Å². The summed E-state index contributed by atoms with van der Waals surface area (Å²) in [5, 5.41) is 33.7. The van der Waals surface area contributed by atoms with Crippen LogP contribution in [0.5, 0.6) is 11.5 Å². The summed E-state index contributed by atoms with van der Waals surface area (Å²) in [6.07, 6.45) is 5.88. The summed E-state index contributed by atoms with van der Waals surface area (Å²) in [5.74, 6) is 5.76. The molecule has 61 heavy (non-hydrogen) atoms. The van der Waals surface area contributed by atoms with Gasteiger partial charge in [-0.3, -0.25) is 14.6 Å². The number of nitrogens with zero attached hydrogens (tertiary/aromatic N) is 1. The minimum Gasteiger partial charge on any atom is -0.506 e. The molecule has 1 unspecified atom stereocenters. The number of aryl methyl sites for hydroxylation is 1. The molecule has 310 valence electrons. The maximum absolute atomic E-state index is 14.1. The van der Waals surface area contributed by atoms with Gasteiger partial charge in [-0.15, -0.1) is 0 Å². The SMILES string of the molecule is COc1cccc(Nc2c(C(N)=O)cnc3c(C)cc(S(=O)(=O)c4cccc(C(=O)Nc5ccc(C#CCCCNCC(O)c6ccc(O)c7c6C=CCN7)cc5)c4)cc23)c1. The van der Waals surface area contributed by atoms with Crippen molar-refractivity contribution in [2.75, 3.05) is 42.7 Å². The lowest BCUT2D eigenvalue weighted by Gasteiger charge is -2.21. The molecule has 0 fully saturated rings. The van der Waals surface area contributed by atoms with Crippen LogP contribution in [0.15, 0.2) is 119 Å². The van der Waals surface area contributed by atoms with E-state index in [0.717, 1.165) is 23.1 Å². The van der Waals surface area contributed by atoms with E-state index in [-0.39, 0.29) is 32.4 Å². The number of anilines is 4. The van der Waals surface area contributed by atoms with Gasteiger partial charge in [0.05, 0.1) is 45.5 Å². The van der Waals surface area contributed by atoms with E-state index in [2.05, 4.69) is 38.1 Å². The molecule has 0 saturated carbocycles. The number of benzene rings is 5. The van der Waals surface area contributed by atoms with Crippen LogP contribution in [0.2, 0.25) is 0 Å². The number of phenolic OH excluding ortho intramolecular Hbond substituents is 1. The van der Waals surface area contributed by atoms with Crippen molar-refractivity contribution < 1.29 is 33.0 Å². The Bertz CT molecular complexity index is 2850. The number of hydrogen-bond acceptors (Lipinski definition) is 11. The van der Waals surface area contributed by atoms with E-state index in [1.807, 2.05) is 12.2 Å². The molecule has 5 aromatic carbocycles. The van der Waals surface area contributed by atoms with Crippen molar-refractivity contribution in [1.82, 2.24) is 10.3 Å². The van der Waals surface area contributed by atoms with Gasteiger partial charge < -0.3 is 42.0 Å². The number of ether oxygens (including phenoxy) is 1. The summed E-state index contributed by atoms with van der Waals surface area (Å²) in [6, 6.07) is 26.1. The van der Waals surface area contributed by atoms with Crippen LogP contribution in [0.4, 0.5) is 22.7 Å². The molecular formula is C47H44N6O7S. The third kappa shape index (κ3) is 9.50. The Balaban J connectivity index is 0.978. The lowest BCUT2D eigenvalue weighted by molar-refractivity contribution is 0.0998. The van der Waals surface area contributed by atoms with E-state index in [1.165, 1.54) is 49.7 Å². The smallest absolute Gasteiger partial charge is 0.255 e. The van der Waals surface area contributed by atoms with E-state index in [1.54, 1.807) is 67.6 Å². The number of nitrogens with one attached hydrogen (secondary N) is 4. The molecule has 0 spiro atoms. The van der Waals surface area contributed by atoms with Crippen LogP contribution in [-0.4, -0.2) is 62.2 Å². The van der Waals surface area contributed by atoms with Crippen molar-refractivity contribution in [3.8, 4) is 23.3 Å². The molecule has 2 amide bonds. The van der Waals surface area contributed by atoms with E-state index in [0.29, 0.717) is 65.3 Å². The molecule has 14 heteroatoms. The fraction of sp³-hybridized carbons (Fsp3) is 0.170. The van der Waals surface area contributed by atoms with Crippen molar-refractivity contribution >= 4 is 61.4 Å². The van der Waals surface area contributed by atoms with Crippen LogP contribution in [0.25, 0.3) is 17.0 Å². The number of fused-ring (bicyclic) bond motifs is 2. The van der Waals surface area contributed by atoms with Crippen molar-refractivity contribution in [3.05, 3.63) is 143 Å². The van der Waals surface area contributed by atoms with Crippen LogP contribution < -0.4 is 31.7 Å². The second kappa shape index (κ2) is 18.4. The first kappa shape index (κ1) is 42.0. The quantitative estimate of drug-likeness (QED) is 0.0336. The first-order valence-corrected chi connectivity index (χ1v) is 21.0. The predicted molar refractivity (Wildman–Crippen MR) is 237 cm³/mol. The zero-order valence-corrected chi connectivity index (χ0v) is 34.3. The molecule has 0 radical (unpaired) electrons. The molecule has 6 aromatic rings. The van der Waals surface area contributed by atoms with E-state index < -0.39 is 27.8 Å². The number of pyridine rings is 1. The van der Waals surface area contributed by atoms with Crippen molar-refractivity contribution in [1.29, 1.82) is 0 Å². The van der Waals surface area contributed by atoms with Crippen molar-refractivity contribution in [3.63, 3.8) is 0 Å². The summed E-state index contributed by atoms with van der Waals surface area (Å²) in [4.78, 5) is 30.2. The summed E-state index contributed by atoms with van der Waals surface area (Å²) >= 11 is 0. The zero-order chi connectivity index (χ0) is 43.1. The molecule has 0 aliphatic carbocycles. The predicted octanol–water partition coefficient (Wildman–Crippen LogP) is 7.08. The Morgan fingerprint density at radius 1 is 0.984 bits per heavy atom. The summed E-state index contributed by atoms with van der Waals surface area (Å²) in [5.41, 5.74) is 11.3. The number of unbranched alkanes of at least 4 members (excludes halogenated alkanes) is 1. The molecule has 0 saturated heterocycles. The number of aliphatic hydroxyl groups is 1. The number of methoxy groups -OCH3 is 1. The number of amides is 2. The minimum atomic E-state index is -4.17. The number of primary amides is 1. The molecule has 1 atom stereocenters. The molecule has 2 heterocycles. The highest BCUT2D eigenvalue weighted by Gasteiger charge is 2.24. The number of phenols is 1. The highest BCUT2D eigenvalue weighted by atomic mass is 32.2. The lowest BCUT2D eigenvalue weighted by atomic mass is 9.97.